The van der Waals surface area contributed by atoms with Crippen LogP contribution in [-0.4, -0.2) is 31.8 Å². The smallest absolute Gasteiger partial charge is 0.277 e. The molecule has 7 heteroatoms. The Morgan fingerprint density at radius 3 is 2.50 bits per heavy atom. The predicted octanol–water partition coefficient (Wildman–Crippen LogP) is 5.74. The number of anilines is 1. The Labute approximate surface area is 193 Å². The summed E-state index contributed by atoms with van der Waals surface area (Å²) in [7, 11) is 0. The molecule has 0 bridgehead atoms. The summed E-state index contributed by atoms with van der Waals surface area (Å²) >= 11 is 7.03. The molecule has 0 heterocycles. The second kappa shape index (κ2) is 10.6. The molecule has 1 amide bonds. The van der Waals surface area contributed by atoms with E-state index in [2.05, 4.69) is 73.3 Å². The van der Waals surface area contributed by atoms with Crippen LogP contribution in [0.1, 0.15) is 19.4 Å². The van der Waals surface area contributed by atoms with Gasteiger partial charge in [0, 0.05) is 23.2 Å². The van der Waals surface area contributed by atoms with Crippen LogP contribution in [0.3, 0.4) is 0 Å². The molecule has 1 N–H and O–H groups in total. The number of carbonyl (C=O) groups is 1. The van der Waals surface area contributed by atoms with E-state index in [9.17, 15) is 4.79 Å². The molecular weight excluding hydrogens is 510 g/mol. The average Bonchev–Trinajstić information content (AvgIpc) is 2.75. The van der Waals surface area contributed by atoms with Crippen LogP contribution in [0.25, 0.3) is 10.8 Å². The monoisotopic (exact) mass is 531 g/mol. The molecule has 0 radical (unpaired) electrons. The van der Waals surface area contributed by atoms with Gasteiger partial charge in [-0.3, -0.25) is 4.79 Å². The lowest BCUT2D eigenvalue weighted by Gasteiger charge is -2.20. The van der Waals surface area contributed by atoms with Crippen molar-refractivity contribution >= 4 is 60.4 Å². The molecule has 0 aliphatic carbocycles. The van der Waals surface area contributed by atoms with E-state index in [-0.39, 0.29) is 12.5 Å². The van der Waals surface area contributed by atoms with E-state index < -0.39 is 0 Å². The molecule has 3 rings (SSSR count). The van der Waals surface area contributed by atoms with Gasteiger partial charge in [0.25, 0.3) is 5.91 Å². The van der Waals surface area contributed by atoms with Gasteiger partial charge in [-0.15, -0.1) is 0 Å². The largest absolute Gasteiger partial charge is 0.483 e. The highest BCUT2D eigenvalue weighted by Gasteiger charge is 2.09. The number of hydrogen-bond acceptors (Lipinski definition) is 4. The van der Waals surface area contributed by atoms with Gasteiger partial charge in [0.05, 0.1) is 10.7 Å². The maximum Gasteiger partial charge on any atom is 0.277 e. The number of nitrogens with zero attached hydrogens (tertiary/aromatic N) is 2. The zero-order chi connectivity index (χ0) is 21.5. The van der Waals surface area contributed by atoms with Crippen molar-refractivity contribution in [1.82, 2.24) is 5.43 Å². The summed E-state index contributed by atoms with van der Waals surface area (Å²) in [5.74, 6) is 0.282. The standard InChI is InChI=1S/C23H23Br2N3O2/c1-3-28(4-2)19-9-5-16(6-10-19)14-26-27-22(29)15-30-21-12-7-17-13-18(24)8-11-20(17)23(21)25/h5-14H,3-4,15H2,1-2H3,(H,27,29). The Morgan fingerprint density at radius 1 is 1.07 bits per heavy atom. The second-order valence-corrected chi connectivity index (χ2v) is 8.30. The van der Waals surface area contributed by atoms with Gasteiger partial charge in [0.2, 0.25) is 0 Å². The Hall–Kier alpha value is -2.38. The fraction of sp³-hybridized carbons (Fsp3) is 0.217. The van der Waals surface area contributed by atoms with Crippen molar-refractivity contribution in [2.24, 2.45) is 5.10 Å². The normalized spacial score (nSPS) is 11.1. The van der Waals surface area contributed by atoms with Crippen molar-refractivity contribution in [3.63, 3.8) is 0 Å². The minimum Gasteiger partial charge on any atom is -0.483 e. The summed E-state index contributed by atoms with van der Waals surface area (Å²) in [6.07, 6.45) is 1.62. The molecular formula is C23H23Br2N3O2. The van der Waals surface area contributed by atoms with E-state index in [4.69, 9.17) is 4.74 Å². The fourth-order valence-corrected chi connectivity index (χ4v) is 4.06. The zero-order valence-corrected chi connectivity index (χ0v) is 20.0. The van der Waals surface area contributed by atoms with Crippen LogP contribution < -0.4 is 15.1 Å². The minimum absolute atomic E-state index is 0.126. The molecule has 0 atom stereocenters. The van der Waals surface area contributed by atoms with Crippen LogP contribution in [0.15, 0.2) is 68.6 Å². The summed E-state index contributed by atoms with van der Waals surface area (Å²) in [5, 5.41) is 6.11. The van der Waals surface area contributed by atoms with Gasteiger partial charge >= 0.3 is 0 Å². The van der Waals surface area contributed by atoms with Crippen molar-refractivity contribution in [2.45, 2.75) is 13.8 Å². The summed E-state index contributed by atoms with van der Waals surface area (Å²) in [6.45, 7) is 6.06. The first-order valence-corrected chi connectivity index (χ1v) is 11.3. The van der Waals surface area contributed by atoms with E-state index in [1.807, 2.05) is 42.5 Å². The number of benzene rings is 3. The lowest BCUT2D eigenvalue weighted by atomic mass is 10.1. The molecule has 5 nitrogen and oxygen atoms in total. The van der Waals surface area contributed by atoms with Crippen LogP contribution in [0.4, 0.5) is 5.69 Å². The summed E-state index contributed by atoms with van der Waals surface area (Å²) in [5.41, 5.74) is 4.58. The topological polar surface area (TPSA) is 53.9 Å². The number of halogens is 2. The first-order chi connectivity index (χ1) is 14.5. The quantitative estimate of drug-likeness (QED) is 0.297. The summed E-state index contributed by atoms with van der Waals surface area (Å²) in [4.78, 5) is 14.3. The SMILES string of the molecule is CCN(CC)c1ccc(C=NNC(=O)COc2ccc3cc(Br)ccc3c2Br)cc1. The van der Waals surface area contributed by atoms with Crippen LogP contribution >= 0.6 is 31.9 Å². The number of ether oxygens (including phenoxy) is 1. The second-order valence-electron chi connectivity index (χ2n) is 6.59. The van der Waals surface area contributed by atoms with Crippen LogP contribution in [0, 0.1) is 0 Å². The molecule has 156 valence electrons. The Morgan fingerprint density at radius 2 is 1.80 bits per heavy atom. The van der Waals surface area contributed by atoms with Crippen LogP contribution in [-0.2, 0) is 4.79 Å². The number of rotatable bonds is 8. The number of fused-ring (bicyclic) bond motifs is 1. The van der Waals surface area contributed by atoms with Gasteiger partial charge in [-0.2, -0.15) is 5.10 Å². The molecule has 0 saturated carbocycles. The number of nitrogens with one attached hydrogen (secondary N) is 1. The zero-order valence-electron chi connectivity index (χ0n) is 16.9. The first-order valence-electron chi connectivity index (χ1n) is 9.69. The van der Waals surface area contributed by atoms with Gasteiger partial charge in [-0.25, -0.2) is 5.43 Å². The van der Waals surface area contributed by atoms with E-state index in [1.54, 1.807) is 6.21 Å². The Balaban J connectivity index is 1.54. The summed E-state index contributed by atoms with van der Waals surface area (Å²) in [6, 6.07) is 17.8. The van der Waals surface area contributed by atoms with E-state index in [0.717, 1.165) is 38.4 Å². The van der Waals surface area contributed by atoms with Crippen LogP contribution in [0.2, 0.25) is 0 Å². The van der Waals surface area contributed by atoms with Crippen molar-refractivity contribution < 1.29 is 9.53 Å². The molecule has 0 unspecified atom stereocenters. The highest BCUT2D eigenvalue weighted by molar-refractivity contribution is 9.11. The number of carbonyl (C=O) groups excluding carboxylic acids is 1. The van der Waals surface area contributed by atoms with Gasteiger partial charge in [-0.05, 0) is 76.4 Å². The molecule has 0 aromatic heterocycles. The molecule has 0 saturated heterocycles. The van der Waals surface area contributed by atoms with Gasteiger partial charge < -0.3 is 9.64 Å². The third kappa shape index (κ3) is 5.61. The maximum absolute atomic E-state index is 12.1. The molecule has 0 aliphatic rings. The van der Waals surface area contributed by atoms with E-state index in [0.29, 0.717) is 5.75 Å². The maximum atomic E-state index is 12.1. The predicted molar refractivity (Wildman–Crippen MR) is 131 cm³/mol. The van der Waals surface area contributed by atoms with Gasteiger partial charge in [0.1, 0.15) is 5.75 Å². The Bertz CT molecular complexity index is 1050. The number of amides is 1. The third-order valence-corrected chi connectivity index (χ3v) is 5.98. The van der Waals surface area contributed by atoms with E-state index in [1.165, 1.54) is 5.69 Å². The van der Waals surface area contributed by atoms with Gasteiger partial charge in [0.15, 0.2) is 6.61 Å². The molecule has 0 aliphatic heterocycles. The number of hydrogen-bond donors (Lipinski definition) is 1. The minimum atomic E-state index is -0.325. The van der Waals surface area contributed by atoms with Crippen molar-refractivity contribution in [1.29, 1.82) is 0 Å². The molecule has 0 fully saturated rings. The lowest BCUT2D eigenvalue weighted by molar-refractivity contribution is -0.123. The highest BCUT2D eigenvalue weighted by Crippen LogP contribution is 2.34. The van der Waals surface area contributed by atoms with Crippen molar-refractivity contribution in [2.75, 3.05) is 24.6 Å². The molecule has 30 heavy (non-hydrogen) atoms. The van der Waals surface area contributed by atoms with E-state index >= 15 is 0 Å². The van der Waals surface area contributed by atoms with Crippen molar-refractivity contribution in [3.8, 4) is 5.75 Å². The third-order valence-electron chi connectivity index (χ3n) is 4.66. The number of hydrazone groups is 1. The van der Waals surface area contributed by atoms with Crippen molar-refractivity contribution in [3.05, 3.63) is 69.1 Å². The average molecular weight is 533 g/mol. The first kappa shape index (κ1) is 22.3. The van der Waals surface area contributed by atoms with Gasteiger partial charge in [-0.1, -0.05) is 40.2 Å². The highest BCUT2D eigenvalue weighted by atomic mass is 79.9. The Kier molecular flexibility index (Phi) is 7.87. The lowest BCUT2D eigenvalue weighted by Crippen LogP contribution is -2.24. The fourth-order valence-electron chi connectivity index (χ4n) is 3.07. The molecule has 3 aromatic carbocycles. The molecule has 0 spiro atoms. The molecule has 3 aromatic rings. The summed E-state index contributed by atoms with van der Waals surface area (Å²) < 4.78 is 7.48. The van der Waals surface area contributed by atoms with Crippen LogP contribution in [0.5, 0.6) is 5.75 Å².